The predicted octanol–water partition coefficient (Wildman–Crippen LogP) is -1.82. The Morgan fingerprint density at radius 3 is 1.40 bits per heavy atom. The molecule has 5 heteroatoms. The van der Waals surface area contributed by atoms with Gasteiger partial charge in [0.25, 0.3) is 0 Å². The van der Waals surface area contributed by atoms with E-state index < -0.39 is 8.25 Å². The van der Waals surface area contributed by atoms with Gasteiger partial charge in [0.05, 0.1) is 0 Å². The molecule has 0 atom stereocenters. The Morgan fingerprint density at radius 1 is 1.40 bits per heavy atom. The molecule has 2 N–H and O–H groups in total. The van der Waals surface area contributed by atoms with Crippen molar-refractivity contribution in [2.24, 2.45) is 0 Å². The SMILES string of the molecule is O=[PH](O)O.[SnH3]. The van der Waals surface area contributed by atoms with Crippen molar-refractivity contribution < 1.29 is 14.4 Å². The van der Waals surface area contributed by atoms with E-state index in [1.165, 1.54) is 0 Å². The van der Waals surface area contributed by atoms with Crippen molar-refractivity contribution in [2.45, 2.75) is 0 Å². The molecule has 33 valence electrons. The number of rotatable bonds is 0. The van der Waals surface area contributed by atoms with Crippen molar-refractivity contribution in [3.63, 3.8) is 0 Å². The summed E-state index contributed by atoms with van der Waals surface area (Å²) in [6.07, 6.45) is 0. The molecule has 0 saturated heterocycles. The van der Waals surface area contributed by atoms with E-state index in [2.05, 4.69) is 0 Å². The molecule has 0 amide bonds. The molecule has 0 heterocycles. The monoisotopic (exact) mass is 205 g/mol. The maximum atomic E-state index is 8.74. The molecule has 0 rings (SSSR count). The second kappa shape index (κ2) is 4.95. The molecule has 0 aromatic carbocycles. The minimum absolute atomic E-state index is 0. The summed E-state index contributed by atoms with van der Waals surface area (Å²) in [6, 6.07) is 0. The van der Waals surface area contributed by atoms with Crippen LogP contribution in [0.3, 0.4) is 0 Å². The third kappa shape index (κ3) is 47.8. The van der Waals surface area contributed by atoms with Crippen LogP contribution in [0.15, 0.2) is 0 Å². The normalized spacial score (nSPS) is 7.00. The van der Waals surface area contributed by atoms with Gasteiger partial charge in [0, 0.05) is 0 Å². The van der Waals surface area contributed by atoms with Crippen LogP contribution in [0.1, 0.15) is 0 Å². The molecule has 0 saturated carbocycles. The Balaban J connectivity index is 0. The fourth-order valence-electron chi connectivity index (χ4n) is 0. The van der Waals surface area contributed by atoms with Crippen LogP contribution in [0, 0.1) is 0 Å². The maximum absolute atomic E-state index is 8.74. The molecule has 0 aromatic heterocycles. The van der Waals surface area contributed by atoms with Crippen molar-refractivity contribution >= 4 is 32.2 Å². The first kappa shape index (κ1) is 9.34. The molecule has 0 spiro atoms. The van der Waals surface area contributed by atoms with Crippen LogP contribution in [-0.2, 0) is 4.57 Å². The summed E-state index contributed by atoms with van der Waals surface area (Å²) < 4.78 is 8.74. The van der Waals surface area contributed by atoms with Gasteiger partial charge in [0.15, 0.2) is 0 Å². The van der Waals surface area contributed by atoms with Gasteiger partial charge in [-0.3, -0.25) is 4.57 Å². The fraction of sp³-hybridized carbons (Fsp3) is 0. The van der Waals surface area contributed by atoms with Gasteiger partial charge >= 0.3 is 32.2 Å². The van der Waals surface area contributed by atoms with Crippen molar-refractivity contribution in [1.29, 1.82) is 0 Å². The topological polar surface area (TPSA) is 57.5 Å². The molecule has 0 aromatic rings. The van der Waals surface area contributed by atoms with E-state index in [1.807, 2.05) is 0 Å². The van der Waals surface area contributed by atoms with Crippen molar-refractivity contribution in [1.82, 2.24) is 0 Å². The van der Waals surface area contributed by atoms with Gasteiger partial charge < -0.3 is 9.79 Å². The van der Waals surface area contributed by atoms with Gasteiger partial charge in [-0.25, -0.2) is 0 Å². The van der Waals surface area contributed by atoms with Gasteiger partial charge in [-0.15, -0.1) is 0 Å². The van der Waals surface area contributed by atoms with E-state index in [-0.39, 0.29) is 23.9 Å². The van der Waals surface area contributed by atoms with E-state index in [1.54, 1.807) is 0 Å². The van der Waals surface area contributed by atoms with Gasteiger partial charge in [-0.05, 0) is 0 Å². The molecule has 0 unspecified atom stereocenters. The van der Waals surface area contributed by atoms with Crippen molar-refractivity contribution in [3.8, 4) is 0 Å². The zero-order chi connectivity index (χ0) is 3.58. The van der Waals surface area contributed by atoms with E-state index in [0.29, 0.717) is 0 Å². The molecule has 0 aliphatic heterocycles. The average molecular weight is 204 g/mol. The summed E-state index contributed by atoms with van der Waals surface area (Å²) in [5.74, 6) is 0. The standard InChI is InChI=1S/H3O3P.Sn.3H/c1-4(2)3;;;;/h4H,(H2,1,2,3);;;;. The molecular weight excluding hydrogens is 198 g/mol. The van der Waals surface area contributed by atoms with Crippen LogP contribution in [0.4, 0.5) is 0 Å². The third-order valence-corrected chi connectivity index (χ3v) is 0. The quantitative estimate of drug-likeness (QED) is 0.360. The first-order valence-electron chi connectivity index (χ1n) is 0.651. The average Bonchev–Trinajstić information content (AvgIpc) is 0.811. The van der Waals surface area contributed by atoms with Crippen molar-refractivity contribution in [3.05, 3.63) is 0 Å². The van der Waals surface area contributed by atoms with Crippen LogP contribution in [0.2, 0.25) is 0 Å². The Morgan fingerprint density at radius 2 is 1.40 bits per heavy atom. The first-order chi connectivity index (χ1) is 1.73. The van der Waals surface area contributed by atoms with E-state index in [0.717, 1.165) is 0 Å². The van der Waals surface area contributed by atoms with Crippen LogP contribution in [-0.4, -0.2) is 33.7 Å². The molecule has 0 aliphatic rings. The first-order valence-corrected chi connectivity index (χ1v) is 1.95. The molecule has 0 fully saturated rings. The number of hydrogen-bond donors (Lipinski definition) is 2. The third-order valence-electron chi connectivity index (χ3n) is 0. The summed E-state index contributed by atoms with van der Waals surface area (Å²) >= 11 is 0. The summed E-state index contributed by atoms with van der Waals surface area (Å²) in [7, 11) is -3.13. The summed E-state index contributed by atoms with van der Waals surface area (Å²) in [6.45, 7) is 0. The van der Waals surface area contributed by atoms with Gasteiger partial charge in [-0.2, -0.15) is 0 Å². The van der Waals surface area contributed by atoms with Crippen LogP contribution in [0.25, 0.3) is 0 Å². The summed E-state index contributed by atoms with van der Waals surface area (Å²) in [4.78, 5) is 14.3. The van der Waals surface area contributed by atoms with Gasteiger partial charge in [0.1, 0.15) is 0 Å². The van der Waals surface area contributed by atoms with Crippen LogP contribution >= 0.6 is 8.25 Å². The Labute approximate surface area is 46.9 Å². The zero-order valence-corrected chi connectivity index (χ0v) is 9.51. The van der Waals surface area contributed by atoms with Crippen LogP contribution in [0.5, 0.6) is 0 Å². The second-order valence-electron chi connectivity index (χ2n) is 0.283. The zero-order valence-electron chi connectivity index (χ0n) is 2.80. The van der Waals surface area contributed by atoms with Crippen molar-refractivity contribution in [2.75, 3.05) is 0 Å². The molecule has 0 bridgehead atoms. The Kier molecular flexibility index (Phi) is 9.25. The number of hydrogen-bond acceptors (Lipinski definition) is 1. The van der Waals surface area contributed by atoms with Gasteiger partial charge in [-0.1, -0.05) is 0 Å². The summed E-state index contributed by atoms with van der Waals surface area (Å²) in [5.41, 5.74) is 0. The van der Waals surface area contributed by atoms with E-state index in [9.17, 15) is 0 Å². The van der Waals surface area contributed by atoms with E-state index in [4.69, 9.17) is 14.4 Å². The molecular formula is H6O3PSn. The van der Waals surface area contributed by atoms with Gasteiger partial charge in [0.2, 0.25) is 0 Å². The Hall–Kier alpha value is 0.949. The molecule has 5 heavy (non-hydrogen) atoms. The molecule has 1 radical (unpaired) electrons. The molecule has 3 nitrogen and oxygen atoms in total. The van der Waals surface area contributed by atoms with Crippen LogP contribution < -0.4 is 0 Å². The predicted molar refractivity (Wildman–Crippen MR) is 23.4 cm³/mol. The molecule has 0 aliphatic carbocycles. The summed E-state index contributed by atoms with van der Waals surface area (Å²) in [5, 5.41) is 0. The second-order valence-corrected chi connectivity index (χ2v) is 0.848. The Bertz CT molecular complexity index is 29.9. The fourth-order valence-corrected chi connectivity index (χ4v) is 0. The minimum atomic E-state index is -3.13. The van der Waals surface area contributed by atoms with E-state index >= 15 is 0 Å².